The Kier molecular flexibility index (Phi) is 5.91. The summed E-state index contributed by atoms with van der Waals surface area (Å²) in [4.78, 5) is 5.67. The quantitative estimate of drug-likeness (QED) is 0.289. The van der Waals surface area contributed by atoms with Crippen molar-refractivity contribution in [1.29, 1.82) is 0 Å². The molecular weight excluding hydrogens is 444 g/mol. The predicted octanol–water partition coefficient (Wildman–Crippen LogP) is 3.82. The second kappa shape index (κ2) is 8.74. The summed E-state index contributed by atoms with van der Waals surface area (Å²) in [5.74, 6) is 0. The first-order valence-electron chi connectivity index (χ1n) is 7.97. The zero-order valence-corrected chi connectivity index (χ0v) is 16.8. The van der Waals surface area contributed by atoms with Crippen molar-refractivity contribution in [2.24, 2.45) is 9.98 Å². The van der Waals surface area contributed by atoms with Crippen molar-refractivity contribution in [1.82, 2.24) is 0 Å². The third-order valence-corrected chi connectivity index (χ3v) is 5.14. The summed E-state index contributed by atoms with van der Waals surface area (Å²) in [6.07, 6.45) is 0. The van der Waals surface area contributed by atoms with E-state index in [-0.39, 0.29) is 11.4 Å². The number of hydrogen-bond acceptors (Lipinski definition) is 8. The van der Waals surface area contributed by atoms with Gasteiger partial charge in [-0.2, -0.15) is 26.8 Å². The predicted molar refractivity (Wildman–Crippen MR) is 111 cm³/mol. The molecule has 0 unspecified atom stereocenters. The Morgan fingerprint density at radius 1 is 0.821 bits per heavy atom. The Morgan fingerprint density at radius 3 is 1.46 bits per heavy atom. The highest BCUT2D eigenvalue weighted by Gasteiger charge is 2.17. The lowest BCUT2D eigenvalue weighted by atomic mass is 10.1. The van der Waals surface area contributed by atoms with Crippen molar-refractivity contribution in [2.75, 3.05) is 0 Å². The third kappa shape index (κ3) is 5.55. The van der Waals surface area contributed by atoms with Gasteiger partial charge in [0.25, 0.3) is 20.2 Å². The first-order valence-corrected chi connectivity index (χ1v) is 10.7. The highest BCUT2D eigenvalue weighted by molar-refractivity contribution is 7.86. The molecule has 8 nitrogen and oxygen atoms in total. The molecule has 2 aromatic carbocycles. The van der Waals surface area contributed by atoms with Crippen LogP contribution >= 0.6 is 24.4 Å². The molecule has 0 bridgehead atoms. The van der Waals surface area contributed by atoms with E-state index in [0.717, 1.165) is 24.3 Å². The fourth-order valence-electron chi connectivity index (χ4n) is 2.03. The van der Waals surface area contributed by atoms with Crippen molar-refractivity contribution in [2.45, 2.75) is 9.79 Å². The monoisotopic (exact) mass is 458 g/mol. The van der Waals surface area contributed by atoms with Gasteiger partial charge < -0.3 is 0 Å². The fraction of sp³-hybridized carbons (Fsp3) is 0. The van der Waals surface area contributed by atoms with Gasteiger partial charge in [-0.05, 0) is 59.8 Å². The standard InChI is InChI=1S/C16H10N2O6S4/c19-27(20,21)15-7-13(17-9-25)5-3-11(15)1-2-12-4-6-14(18-10-26)8-16(12)28(22,23)24/h1-8H,(H,19,20,21)(H,22,23,24)/i1T,2T. The number of rotatable bonds is 6. The maximum Gasteiger partial charge on any atom is 0.295 e. The van der Waals surface area contributed by atoms with Crippen LogP contribution in [-0.4, -0.2) is 36.3 Å². The molecule has 2 aromatic rings. The summed E-state index contributed by atoms with van der Waals surface area (Å²) in [5, 5.41) is 4.04. The summed E-state index contributed by atoms with van der Waals surface area (Å²) in [6, 6.07) is 5.00. The molecule has 0 saturated heterocycles. The first kappa shape index (κ1) is 18.9. The number of nitrogens with zero attached hydrogens (tertiary/aromatic N) is 2. The summed E-state index contributed by atoms with van der Waals surface area (Å²) in [6.45, 7) is 0. The lowest BCUT2D eigenvalue weighted by molar-refractivity contribution is 0.480. The molecule has 2 N–H and O–H groups in total. The van der Waals surface area contributed by atoms with Gasteiger partial charge in [-0.25, -0.2) is 0 Å². The van der Waals surface area contributed by atoms with Gasteiger partial charge in [0, 0.05) is 0 Å². The van der Waals surface area contributed by atoms with E-state index < -0.39 is 53.3 Å². The summed E-state index contributed by atoms with van der Waals surface area (Å²) in [7, 11) is -9.70. The largest absolute Gasteiger partial charge is 0.295 e. The van der Waals surface area contributed by atoms with Crippen LogP contribution in [0.5, 0.6) is 0 Å². The Hall–Kier alpha value is -2.40. The maximum absolute atomic E-state index is 11.8. The summed E-state index contributed by atoms with van der Waals surface area (Å²) >= 11 is 8.87. The van der Waals surface area contributed by atoms with E-state index in [4.69, 9.17) is 2.74 Å². The van der Waals surface area contributed by atoms with Gasteiger partial charge in [0.1, 0.15) is 9.79 Å². The molecule has 12 heteroatoms. The Morgan fingerprint density at radius 2 is 1.18 bits per heavy atom. The first-order chi connectivity index (χ1) is 13.9. The maximum atomic E-state index is 11.8. The van der Waals surface area contributed by atoms with Crippen LogP contribution in [0, 0.1) is 0 Å². The van der Waals surface area contributed by atoms with Crippen molar-refractivity contribution < 1.29 is 28.7 Å². The molecule has 0 aliphatic heterocycles. The highest BCUT2D eigenvalue weighted by Crippen LogP contribution is 2.27. The molecule has 2 rings (SSSR count). The van der Waals surface area contributed by atoms with Crippen LogP contribution in [0.2, 0.25) is 0 Å². The van der Waals surface area contributed by atoms with Crippen molar-refractivity contribution in [3.63, 3.8) is 0 Å². The average Bonchev–Trinajstić information content (AvgIpc) is 2.66. The van der Waals surface area contributed by atoms with Crippen LogP contribution in [0.4, 0.5) is 11.4 Å². The molecule has 0 amide bonds. The number of benzene rings is 2. The van der Waals surface area contributed by atoms with E-state index in [1.807, 2.05) is 10.3 Å². The van der Waals surface area contributed by atoms with Crippen LogP contribution in [0.1, 0.15) is 13.9 Å². The Labute approximate surface area is 174 Å². The second-order valence-electron chi connectivity index (χ2n) is 4.97. The number of isothiocyanates is 2. The highest BCUT2D eigenvalue weighted by atomic mass is 32.2. The van der Waals surface area contributed by atoms with Gasteiger partial charge in [-0.15, -0.1) is 0 Å². The molecule has 0 radical (unpaired) electrons. The summed E-state index contributed by atoms with van der Waals surface area (Å²) in [5.41, 5.74) is -0.787. The molecule has 0 atom stereocenters. The van der Waals surface area contributed by atoms with Gasteiger partial charge in [-0.3, -0.25) is 9.11 Å². The van der Waals surface area contributed by atoms with Gasteiger partial charge in [-0.1, -0.05) is 24.2 Å². The minimum Gasteiger partial charge on any atom is -0.282 e. The van der Waals surface area contributed by atoms with E-state index in [2.05, 4.69) is 34.4 Å². The third-order valence-electron chi connectivity index (χ3n) is 3.17. The number of hydrogen-bond donors (Lipinski definition) is 2. The van der Waals surface area contributed by atoms with Crippen LogP contribution in [0.15, 0.2) is 56.2 Å². The molecule has 0 aliphatic carbocycles. The minimum atomic E-state index is -4.85. The molecule has 0 aromatic heterocycles. The van der Waals surface area contributed by atoms with E-state index in [0.29, 0.717) is 0 Å². The zero-order chi connectivity index (χ0) is 22.7. The van der Waals surface area contributed by atoms with Gasteiger partial charge in [0.15, 0.2) is 0 Å². The lowest BCUT2D eigenvalue weighted by Crippen LogP contribution is -2.01. The smallest absolute Gasteiger partial charge is 0.282 e. The van der Waals surface area contributed by atoms with Crippen molar-refractivity contribution in [3.8, 4) is 0 Å². The molecule has 0 aliphatic rings. The Bertz CT molecular complexity index is 1270. The SMILES string of the molecule is [3H]C(=C([3H])c1ccc(N=C=S)cc1S(=O)(=O)O)c1ccc(N=C=S)cc1S(=O)(=O)O. The minimum absolute atomic E-state index is 0.0155. The summed E-state index contributed by atoms with van der Waals surface area (Å²) < 4.78 is 82.4. The Balaban J connectivity index is 2.85. The number of aliphatic imine (C=N–C) groups is 2. The van der Waals surface area contributed by atoms with E-state index in [1.54, 1.807) is 0 Å². The molecule has 0 spiro atoms. The van der Waals surface area contributed by atoms with E-state index in [1.165, 1.54) is 12.1 Å². The molecular formula is C16H10N2O6S4. The number of thiocarbonyl (C=S) groups is 2. The van der Waals surface area contributed by atoms with Gasteiger partial charge in [0.2, 0.25) is 0 Å². The zero-order valence-electron chi connectivity index (χ0n) is 15.5. The molecule has 0 fully saturated rings. The van der Waals surface area contributed by atoms with Crippen molar-refractivity contribution in [3.05, 3.63) is 47.5 Å². The normalized spacial score (nSPS) is 13.4. The van der Waals surface area contributed by atoms with Crippen molar-refractivity contribution >= 4 is 78.5 Å². The van der Waals surface area contributed by atoms with Gasteiger partial charge in [0.05, 0.1) is 24.4 Å². The second-order valence-corrected chi connectivity index (χ2v) is 8.11. The fourth-order valence-corrected chi connectivity index (χ4v) is 3.58. The molecule has 144 valence electrons. The average molecular weight is 459 g/mol. The molecule has 28 heavy (non-hydrogen) atoms. The van der Waals surface area contributed by atoms with Crippen LogP contribution in [0.3, 0.4) is 0 Å². The van der Waals surface area contributed by atoms with Crippen LogP contribution in [-0.2, 0) is 20.2 Å². The van der Waals surface area contributed by atoms with Crippen LogP contribution in [0.25, 0.3) is 12.1 Å². The molecule has 0 saturated carbocycles. The van der Waals surface area contributed by atoms with E-state index in [9.17, 15) is 25.9 Å². The van der Waals surface area contributed by atoms with Gasteiger partial charge >= 0.3 is 0 Å². The van der Waals surface area contributed by atoms with Crippen LogP contribution < -0.4 is 0 Å². The topological polar surface area (TPSA) is 133 Å². The molecule has 0 heterocycles. The van der Waals surface area contributed by atoms with E-state index >= 15 is 0 Å². The lowest BCUT2D eigenvalue weighted by Gasteiger charge is -2.06.